The lowest BCUT2D eigenvalue weighted by Gasteiger charge is -2.08. The van der Waals surface area contributed by atoms with Crippen molar-refractivity contribution < 1.29 is 18.7 Å². The van der Waals surface area contributed by atoms with Crippen LogP contribution in [0.15, 0.2) is 48.5 Å². The van der Waals surface area contributed by atoms with Crippen LogP contribution in [0.25, 0.3) is 17.1 Å². The van der Waals surface area contributed by atoms with E-state index in [-0.39, 0.29) is 18.5 Å². The Balaban J connectivity index is 1.96. The summed E-state index contributed by atoms with van der Waals surface area (Å²) in [7, 11) is 1.45. The molecule has 0 atom stereocenters. The van der Waals surface area contributed by atoms with Crippen molar-refractivity contribution >= 4 is 11.6 Å². The van der Waals surface area contributed by atoms with Gasteiger partial charge in [-0.2, -0.15) is 4.98 Å². The first kappa shape index (κ1) is 18.5. The van der Waals surface area contributed by atoms with E-state index >= 15 is 0 Å². The highest BCUT2D eigenvalue weighted by Crippen LogP contribution is 2.26. The number of carbonyl (C=O) groups is 1. The summed E-state index contributed by atoms with van der Waals surface area (Å²) < 4.78 is 25.9. The second kappa shape index (κ2) is 8.41. The third-order valence-corrected chi connectivity index (χ3v) is 3.65. The fraction of sp³-hybridized carbons (Fsp3) is 0.211. The molecule has 7 nitrogen and oxygen atoms in total. The maximum Gasteiger partial charge on any atom is 0.336 e. The number of carbonyl (C=O) groups excluding carboxylic acids is 1. The second-order valence-electron chi connectivity index (χ2n) is 5.57. The number of ether oxygens (including phenoxy) is 2. The molecule has 0 bridgehead atoms. The number of hydrogen-bond donors (Lipinski definition) is 1. The van der Waals surface area contributed by atoms with Gasteiger partial charge in [0.2, 0.25) is 5.91 Å². The van der Waals surface area contributed by atoms with Crippen LogP contribution in [0.5, 0.6) is 6.01 Å². The van der Waals surface area contributed by atoms with Gasteiger partial charge in [-0.1, -0.05) is 12.1 Å². The number of halogens is 1. The van der Waals surface area contributed by atoms with E-state index < -0.39 is 5.82 Å². The highest BCUT2D eigenvalue weighted by molar-refractivity contribution is 5.91. The minimum absolute atomic E-state index is 0.0278. The highest BCUT2D eigenvalue weighted by Gasteiger charge is 2.17. The standard InChI is InChI=1S/C19H19FN4O3/c1-3-27-19-22-18(15-6-4-5-7-16(15)20)24(23-19)14-10-8-13(9-11-14)21-17(25)12-26-2/h4-11H,3,12H2,1-2H3,(H,21,25). The molecule has 140 valence electrons. The molecule has 0 saturated carbocycles. The van der Waals surface area contributed by atoms with E-state index in [9.17, 15) is 9.18 Å². The lowest BCUT2D eigenvalue weighted by Crippen LogP contribution is -2.17. The summed E-state index contributed by atoms with van der Waals surface area (Å²) in [4.78, 5) is 15.9. The smallest absolute Gasteiger partial charge is 0.336 e. The number of nitrogens with zero attached hydrogens (tertiary/aromatic N) is 3. The zero-order valence-corrected chi connectivity index (χ0v) is 15.0. The molecule has 0 aliphatic carbocycles. The first-order valence-corrected chi connectivity index (χ1v) is 8.36. The Kier molecular flexibility index (Phi) is 5.77. The van der Waals surface area contributed by atoms with Gasteiger partial charge in [0.25, 0.3) is 0 Å². The topological polar surface area (TPSA) is 78.3 Å². The van der Waals surface area contributed by atoms with E-state index in [1.54, 1.807) is 42.5 Å². The van der Waals surface area contributed by atoms with Crippen molar-refractivity contribution in [3.05, 3.63) is 54.3 Å². The Morgan fingerprint density at radius 3 is 2.59 bits per heavy atom. The third-order valence-electron chi connectivity index (χ3n) is 3.65. The van der Waals surface area contributed by atoms with Gasteiger partial charge in [-0.15, -0.1) is 5.10 Å². The minimum Gasteiger partial charge on any atom is -0.463 e. The SMILES string of the molecule is CCOc1nc(-c2ccccc2F)n(-c2ccc(NC(=O)COC)cc2)n1. The fourth-order valence-electron chi connectivity index (χ4n) is 2.49. The van der Waals surface area contributed by atoms with Gasteiger partial charge >= 0.3 is 6.01 Å². The first-order chi connectivity index (χ1) is 13.1. The quantitative estimate of drug-likeness (QED) is 0.692. The van der Waals surface area contributed by atoms with Gasteiger partial charge in [0.15, 0.2) is 5.82 Å². The van der Waals surface area contributed by atoms with E-state index in [1.807, 2.05) is 6.92 Å². The molecule has 8 heteroatoms. The molecule has 1 heterocycles. The van der Waals surface area contributed by atoms with E-state index in [2.05, 4.69) is 15.4 Å². The average molecular weight is 370 g/mol. The van der Waals surface area contributed by atoms with Crippen LogP contribution in [0.1, 0.15) is 6.92 Å². The summed E-state index contributed by atoms with van der Waals surface area (Å²) in [5.74, 6) is -0.331. The van der Waals surface area contributed by atoms with Crippen LogP contribution in [-0.4, -0.2) is 41.0 Å². The lowest BCUT2D eigenvalue weighted by molar-refractivity contribution is -0.119. The molecule has 0 unspecified atom stereocenters. The maximum atomic E-state index is 14.3. The summed E-state index contributed by atoms with van der Waals surface area (Å²) >= 11 is 0. The van der Waals surface area contributed by atoms with Crippen LogP contribution in [0.2, 0.25) is 0 Å². The van der Waals surface area contributed by atoms with Crippen molar-refractivity contribution in [1.29, 1.82) is 0 Å². The molecule has 0 spiro atoms. The Bertz CT molecular complexity index is 925. The predicted octanol–water partition coefficient (Wildman–Crippen LogP) is 3.06. The molecule has 2 aromatic carbocycles. The summed E-state index contributed by atoms with van der Waals surface area (Å²) in [5.41, 5.74) is 1.57. The van der Waals surface area contributed by atoms with Crippen molar-refractivity contribution in [2.24, 2.45) is 0 Å². The van der Waals surface area contributed by atoms with E-state index in [0.717, 1.165) is 0 Å². The van der Waals surface area contributed by atoms with Gasteiger partial charge in [-0.3, -0.25) is 4.79 Å². The molecule has 0 saturated heterocycles. The minimum atomic E-state index is -0.405. The lowest BCUT2D eigenvalue weighted by atomic mass is 10.2. The van der Waals surface area contributed by atoms with Gasteiger partial charge in [-0.05, 0) is 43.3 Å². The van der Waals surface area contributed by atoms with Crippen LogP contribution >= 0.6 is 0 Å². The third kappa shape index (κ3) is 4.29. The van der Waals surface area contributed by atoms with Gasteiger partial charge < -0.3 is 14.8 Å². The van der Waals surface area contributed by atoms with Gasteiger partial charge in [0.1, 0.15) is 12.4 Å². The molecule has 1 amide bonds. The van der Waals surface area contributed by atoms with E-state index in [4.69, 9.17) is 9.47 Å². The summed E-state index contributed by atoms with van der Waals surface area (Å²) in [6.07, 6.45) is 0. The molecule has 0 aliphatic rings. The predicted molar refractivity (Wildman–Crippen MR) is 98.4 cm³/mol. The van der Waals surface area contributed by atoms with Gasteiger partial charge in [0.05, 0.1) is 17.9 Å². The fourth-order valence-corrected chi connectivity index (χ4v) is 2.49. The Labute approximate surface area is 155 Å². The first-order valence-electron chi connectivity index (χ1n) is 8.36. The van der Waals surface area contributed by atoms with Crippen LogP contribution in [-0.2, 0) is 9.53 Å². The van der Waals surface area contributed by atoms with Crippen molar-refractivity contribution in [1.82, 2.24) is 14.8 Å². The highest BCUT2D eigenvalue weighted by atomic mass is 19.1. The summed E-state index contributed by atoms with van der Waals surface area (Å²) in [5, 5.41) is 7.03. The molecule has 3 rings (SSSR count). The average Bonchev–Trinajstić information content (AvgIpc) is 3.07. The molecule has 27 heavy (non-hydrogen) atoms. The van der Waals surface area contributed by atoms with Crippen LogP contribution in [0.4, 0.5) is 10.1 Å². The van der Waals surface area contributed by atoms with Crippen molar-refractivity contribution in [3.8, 4) is 23.1 Å². The van der Waals surface area contributed by atoms with Crippen LogP contribution in [0.3, 0.4) is 0 Å². The number of methoxy groups -OCH3 is 1. The van der Waals surface area contributed by atoms with Crippen LogP contribution in [0, 0.1) is 5.82 Å². The molecule has 3 aromatic rings. The molecule has 0 aliphatic heterocycles. The van der Waals surface area contributed by atoms with E-state index in [0.29, 0.717) is 29.4 Å². The number of nitrogens with one attached hydrogen (secondary N) is 1. The molecule has 1 N–H and O–H groups in total. The number of amides is 1. The number of aromatic nitrogens is 3. The van der Waals surface area contributed by atoms with E-state index in [1.165, 1.54) is 17.9 Å². The number of benzene rings is 2. The summed E-state index contributed by atoms with van der Waals surface area (Å²) in [6.45, 7) is 2.19. The number of anilines is 1. The molecular weight excluding hydrogens is 351 g/mol. The molecular formula is C19H19FN4O3. The van der Waals surface area contributed by atoms with Crippen molar-refractivity contribution in [2.75, 3.05) is 25.6 Å². The zero-order valence-electron chi connectivity index (χ0n) is 15.0. The number of hydrogen-bond acceptors (Lipinski definition) is 5. The summed E-state index contributed by atoms with van der Waals surface area (Å²) in [6, 6.07) is 13.4. The Morgan fingerprint density at radius 2 is 1.93 bits per heavy atom. The second-order valence-corrected chi connectivity index (χ2v) is 5.57. The molecule has 0 fully saturated rings. The van der Waals surface area contributed by atoms with Gasteiger partial charge in [-0.25, -0.2) is 9.07 Å². The number of rotatable bonds is 7. The van der Waals surface area contributed by atoms with Crippen LogP contribution < -0.4 is 10.1 Å². The zero-order chi connectivity index (χ0) is 19.2. The molecule has 0 radical (unpaired) electrons. The monoisotopic (exact) mass is 370 g/mol. The van der Waals surface area contributed by atoms with Crippen molar-refractivity contribution in [3.63, 3.8) is 0 Å². The maximum absolute atomic E-state index is 14.3. The Hall–Kier alpha value is -3.26. The molecule has 1 aromatic heterocycles. The Morgan fingerprint density at radius 1 is 1.19 bits per heavy atom. The van der Waals surface area contributed by atoms with Crippen molar-refractivity contribution in [2.45, 2.75) is 6.92 Å². The largest absolute Gasteiger partial charge is 0.463 e. The van der Waals surface area contributed by atoms with Gasteiger partial charge in [0, 0.05) is 12.8 Å². The normalized spacial score (nSPS) is 10.6.